The van der Waals surface area contributed by atoms with Gasteiger partial charge in [-0.25, -0.2) is 4.79 Å². The van der Waals surface area contributed by atoms with Crippen LogP contribution in [0.4, 0.5) is 4.79 Å². The van der Waals surface area contributed by atoms with E-state index in [1.54, 1.807) is 0 Å². The van der Waals surface area contributed by atoms with Gasteiger partial charge in [0.1, 0.15) is 6.61 Å². The molecule has 7 nitrogen and oxygen atoms in total. The summed E-state index contributed by atoms with van der Waals surface area (Å²) in [7, 11) is 0. The first-order chi connectivity index (χ1) is 16.0. The second-order valence-electron chi connectivity index (χ2n) is 8.93. The molecule has 2 amide bonds. The largest absolute Gasteiger partial charge is 0.481 e. The summed E-state index contributed by atoms with van der Waals surface area (Å²) in [4.78, 5) is 35.9. The second-order valence-corrected chi connectivity index (χ2v) is 8.93. The standard InChI is InChI=1S/C26H30N2O5/c1-2-7-17(14-24(29)27-18-12-16(13-18)25(30)31)28-26(32)33-15-23-21-10-5-3-8-19(21)20-9-4-6-11-22(20)23/h3-6,8-11,16-18,23H,2,7,12-15H2,1H3,(H,27,29)(H,28,32)(H,30,31). The molecule has 3 N–H and O–H groups in total. The van der Waals surface area contributed by atoms with Gasteiger partial charge in [0.15, 0.2) is 0 Å². The van der Waals surface area contributed by atoms with Gasteiger partial charge in [0.2, 0.25) is 5.91 Å². The molecule has 2 aromatic carbocycles. The van der Waals surface area contributed by atoms with Crippen LogP contribution in [0.3, 0.4) is 0 Å². The molecule has 0 bridgehead atoms. The molecule has 1 unspecified atom stereocenters. The minimum absolute atomic E-state index is 0.0168. The molecule has 0 radical (unpaired) electrons. The van der Waals surface area contributed by atoms with Gasteiger partial charge in [0.25, 0.3) is 0 Å². The van der Waals surface area contributed by atoms with Gasteiger partial charge in [0.05, 0.1) is 5.92 Å². The average molecular weight is 451 g/mol. The minimum atomic E-state index is -0.818. The van der Waals surface area contributed by atoms with Crippen molar-refractivity contribution < 1.29 is 24.2 Å². The Morgan fingerprint density at radius 1 is 1.03 bits per heavy atom. The summed E-state index contributed by atoms with van der Waals surface area (Å²) in [6, 6.07) is 15.9. The van der Waals surface area contributed by atoms with Crippen molar-refractivity contribution in [1.82, 2.24) is 10.6 Å². The number of rotatable bonds is 9. The highest BCUT2D eigenvalue weighted by atomic mass is 16.5. The van der Waals surface area contributed by atoms with Crippen molar-refractivity contribution in [3.63, 3.8) is 0 Å². The molecule has 1 fully saturated rings. The number of ether oxygens (including phenoxy) is 1. The number of nitrogens with one attached hydrogen (secondary N) is 2. The molecule has 2 aromatic rings. The monoisotopic (exact) mass is 450 g/mol. The Bertz CT molecular complexity index is 985. The van der Waals surface area contributed by atoms with E-state index in [2.05, 4.69) is 34.9 Å². The van der Waals surface area contributed by atoms with Crippen LogP contribution < -0.4 is 10.6 Å². The fourth-order valence-corrected chi connectivity index (χ4v) is 4.83. The number of carbonyl (C=O) groups is 3. The summed E-state index contributed by atoms with van der Waals surface area (Å²) < 4.78 is 5.60. The summed E-state index contributed by atoms with van der Waals surface area (Å²) >= 11 is 0. The molecular weight excluding hydrogens is 420 g/mol. The number of fused-ring (bicyclic) bond motifs is 3. The number of benzene rings is 2. The molecular formula is C26H30N2O5. The molecule has 0 saturated heterocycles. The van der Waals surface area contributed by atoms with E-state index in [4.69, 9.17) is 9.84 Å². The zero-order valence-electron chi connectivity index (χ0n) is 18.8. The van der Waals surface area contributed by atoms with Crippen molar-refractivity contribution in [2.24, 2.45) is 5.92 Å². The van der Waals surface area contributed by atoms with Gasteiger partial charge >= 0.3 is 12.1 Å². The Kier molecular flexibility index (Phi) is 6.96. The number of carboxylic acids is 1. The first-order valence-corrected chi connectivity index (χ1v) is 11.6. The molecule has 4 rings (SSSR count). The summed E-state index contributed by atoms with van der Waals surface area (Å²) in [6.07, 6.45) is 1.99. The third-order valence-electron chi connectivity index (χ3n) is 6.59. The Morgan fingerprint density at radius 2 is 1.64 bits per heavy atom. The lowest BCUT2D eigenvalue weighted by atomic mass is 9.80. The van der Waals surface area contributed by atoms with Gasteiger partial charge in [-0.05, 0) is 41.5 Å². The lowest BCUT2D eigenvalue weighted by Crippen LogP contribution is -2.48. The Morgan fingerprint density at radius 3 is 2.21 bits per heavy atom. The van der Waals surface area contributed by atoms with Crippen LogP contribution in [0.5, 0.6) is 0 Å². The van der Waals surface area contributed by atoms with Crippen molar-refractivity contribution >= 4 is 18.0 Å². The molecule has 0 spiro atoms. The molecule has 33 heavy (non-hydrogen) atoms. The molecule has 2 aliphatic rings. The predicted molar refractivity (Wildman–Crippen MR) is 124 cm³/mol. The summed E-state index contributed by atoms with van der Waals surface area (Å²) in [6.45, 7) is 2.22. The van der Waals surface area contributed by atoms with Crippen molar-refractivity contribution in [3.8, 4) is 11.1 Å². The van der Waals surface area contributed by atoms with Gasteiger partial charge in [-0.2, -0.15) is 0 Å². The number of aliphatic carboxylic acids is 1. The summed E-state index contributed by atoms with van der Waals surface area (Å²) in [5.41, 5.74) is 4.64. The highest BCUT2D eigenvalue weighted by molar-refractivity contribution is 5.80. The van der Waals surface area contributed by atoms with E-state index in [0.717, 1.165) is 17.5 Å². The Hall–Kier alpha value is -3.35. The first kappa shape index (κ1) is 22.8. The van der Waals surface area contributed by atoms with Gasteiger partial charge in [0, 0.05) is 24.4 Å². The van der Waals surface area contributed by atoms with E-state index in [-0.39, 0.29) is 42.9 Å². The third kappa shape index (κ3) is 5.18. The smallest absolute Gasteiger partial charge is 0.407 e. The van der Waals surface area contributed by atoms with Crippen LogP contribution in [-0.2, 0) is 14.3 Å². The second kappa shape index (κ2) is 10.1. The zero-order valence-corrected chi connectivity index (χ0v) is 18.8. The van der Waals surface area contributed by atoms with Crippen LogP contribution in [0.15, 0.2) is 48.5 Å². The van der Waals surface area contributed by atoms with Crippen LogP contribution in [0, 0.1) is 5.92 Å². The van der Waals surface area contributed by atoms with Crippen LogP contribution in [-0.4, -0.2) is 41.8 Å². The molecule has 0 aromatic heterocycles. The number of alkyl carbamates (subject to hydrolysis) is 1. The number of carboxylic acid groups (broad SMARTS) is 1. The van der Waals surface area contributed by atoms with E-state index in [1.165, 1.54) is 11.1 Å². The van der Waals surface area contributed by atoms with Gasteiger partial charge < -0.3 is 20.5 Å². The van der Waals surface area contributed by atoms with Crippen molar-refractivity contribution in [2.45, 2.75) is 57.0 Å². The predicted octanol–water partition coefficient (Wildman–Crippen LogP) is 4.06. The maximum Gasteiger partial charge on any atom is 0.407 e. The van der Waals surface area contributed by atoms with Crippen molar-refractivity contribution in [2.75, 3.05) is 6.61 Å². The SMILES string of the molecule is CCCC(CC(=O)NC1CC(C(=O)O)C1)NC(=O)OCC1c2ccccc2-c2ccccc21. The van der Waals surface area contributed by atoms with Crippen LogP contribution in [0.1, 0.15) is 56.1 Å². The molecule has 1 atom stereocenters. The van der Waals surface area contributed by atoms with E-state index >= 15 is 0 Å². The topological polar surface area (TPSA) is 105 Å². The molecule has 2 aliphatic carbocycles. The van der Waals surface area contributed by atoms with E-state index in [0.29, 0.717) is 19.3 Å². The maximum atomic E-state index is 12.6. The maximum absolute atomic E-state index is 12.6. The van der Waals surface area contributed by atoms with Gasteiger partial charge in [-0.15, -0.1) is 0 Å². The molecule has 0 aliphatic heterocycles. The normalized spacial score (nSPS) is 19.5. The highest BCUT2D eigenvalue weighted by Gasteiger charge is 2.35. The van der Waals surface area contributed by atoms with E-state index < -0.39 is 12.1 Å². The fraction of sp³-hybridized carbons (Fsp3) is 0.423. The zero-order chi connectivity index (χ0) is 23.4. The number of amides is 2. The van der Waals surface area contributed by atoms with Gasteiger partial charge in [-0.3, -0.25) is 9.59 Å². The molecule has 7 heteroatoms. The quantitative estimate of drug-likeness (QED) is 0.534. The van der Waals surface area contributed by atoms with Crippen LogP contribution in [0.25, 0.3) is 11.1 Å². The third-order valence-corrected chi connectivity index (χ3v) is 6.59. The highest BCUT2D eigenvalue weighted by Crippen LogP contribution is 2.44. The lowest BCUT2D eigenvalue weighted by Gasteiger charge is -2.33. The average Bonchev–Trinajstić information content (AvgIpc) is 3.08. The van der Waals surface area contributed by atoms with Crippen LogP contribution >= 0.6 is 0 Å². The van der Waals surface area contributed by atoms with E-state index in [1.807, 2.05) is 31.2 Å². The number of carbonyl (C=O) groups excluding carboxylic acids is 2. The molecule has 174 valence electrons. The fourth-order valence-electron chi connectivity index (χ4n) is 4.83. The lowest BCUT2D eigenvalue weighted by molar-refractivity contribution is -0.146. The Labute approximate surface area is 193 Å². The number of hydrogen-bond acceptors (Lipinski definition) is 4. The Balaban J connectivity index is 1.30. The molecule has 1 saturated carbocycles. The molecule has 0 heterocycles. The first-order valence-electron chi connectivity index (χ1n) is 11.6. The van der Waals surface area contributed by atoms with E-state index in [9.17, 15) is 14.4 Å². The minimum Gasteiger partial charge on any atom is -0.481 e. The summed E-state index contributed by atoms with van der Waals surface area (Å²) in [5.74, 6) is -1.39. The van der Waals surface area contributed by atoms with Crippen molar-refractivity contribution in [1.29, 1.82) is 0 Å². The van der Waals surface area contributed by atoms with Crippen molar-refractivity contribution in [3.05, 3.63) is 59.7 Å². The summed E-state index contributed by atoms with van der Waals surface area (Å²) in [5, 5.41) is 14.7. The van der Waals surface area contributed by atoms with Gasteiger partial charge in [-0.1, -0.05) is 61.9 Å². The van der Waals surface area contributed by atoms with Crippen LogP contribution in [0.2, 0.25) is 0 Å². The number of hydrogen-bond donors (Lipinski definition) is 3.